The summed E-state index contributed by atoms with van der Waals surface area (Å²) in [6.45, 7) is -1.36. The average molecular weight is 843 g/mol. The first-order valence-corrected chi connectivity index (χ1v) is 23.1. The van der Waals surface area contributed by atoms with Gasteiger partial charge in [-0.05, 0) is 42.7 Å². The molecule has 2 N–H and O–H groups in total. The largest absolute Gasteiger partial charge is 0.349 e. The molecule has 24 heteroatoms. The molecule has 8 rings (SSSR count). The van der Waals surface area contributed by atoms with E-state index >= 15 is 4.39 Å². The van der Waals surface area contributed by atoms with Crippen LogP contribution in [-0.2, 0) is 51.2 Å². The number of amides is 1. The molecular formula is C29H29FN8O9P2S4. The SMILES string of the molecule is Cc1ncnc2c1ncn2[C@@H]1O[C@@H]2COP(O)(=S)O[C@@H]3[C@H](C)[C@@H](COP(=S)(S)O[C@H]2[C@H]1F)O[C@H]3n1c(=O)sc2c(NC(=O)c3ccccc3)ncnc21. The Labute approximate surface area is 318 Å². The van der Waals surface area contributed by atoms with Gasteiger partial charge in [-0.25, -0.2) is 29.3 Å². The Morgan fingerprint density at radius 2 is 1.72 bits per heavy atom. The van der Waals surface area contributed by atoms with Crippen molar-refractivity contribution in [1.29, 1.82) is 0 Å². The number of anilines is 1. The van der Waals surface area contributed by atoms with Crippen LogP contribution < -0.4 is 10.2 Å². The number of carbonyl (C=O) groups is 1. The molecular weight excluding hydrogens is 814 g/mol. The molecule has 0 aliphatic carbocycles. The number of imidazole rings is 1. The fourth-order valence-electron chi connectivity index (χ4n) is 6.37. The highest BCUT2D eigenvalue weighted by Crippen LogP contribution is 2.59. The number of fused-ring (bicyclic) bond motifs is 5. The van der Waals surface area contributed by atoms with Gasteiger partial charge in [-0.3, -0.25) is 18.7 Å². The maximum atomic E-state index is 16.3. The van der Waals surface area contributed by atoms with Crippen LogP contribution in [0.25, 0.3) is 21.5 Å². The number of aryl methyl sites for hydroxylation is 1. The van der Waals surface area contributed by atoms with Crippen molar-refractivity contribution in [3.63, 3.8) is 0 Å². The standard InChI is InChI=1S/C29H29FN8O9P2S4/c1-13-16-8-43-49(51,52)47-21-17(45-27(18(21)30)37-12-35-19-14(2)31-10-33-24(19)37)9-42-48(41,50)46-20(13)28(44-16)38-25-22(53-29(38)40)23(32-11-34-25)36-26(39)15-6-4-3-5-7-15/h3-7,10-13,16-18,20-21,27-28H,8-9H2,1-2H3,(H,41,50)(H,51,52)(H,32,34,36,39)/t13-,16-,17-,18-,20-,21-,27-,28-,48?/m1/s1. The van der Waals surface area contributed by atoms with Crippen molar-refractivity contribution < 1.29 is 41.6 Å². The molecule has 3 fully saturated rings. The first kappa shape index (κ1) is 37.2. The van der Waals surface area contributed by atoms with E-state index in [-0.39, 0.29) is 22.8 Å². The summed E-state index contributed by atoms with van der Waals surface area (Å²) < 4.78 is 55.6. The maximum absolute atomic E-state index is 16.3. The molecule has 0 spiro atoms. The quantitative estimate of drug-likeness (QED) is 0.172. The summed E-state index contributed by atoms with van der Waals surface area (Å²) >= 11 is 16.3. The van der Waals surface area contributed by atoms with Gasteiger partial charge in [-0.2, -0.15) is 0 Å². The number of alkyl halides is 1. The second-order valence-corrected chi connectivity index (χ2v) is 21.3. The van der Waals surface area contributed by atoms with Crippen LogP contribution in [0.1, 0.15) is 35.4 Å². The highest BCUT2D eigenvalue weighted by Gasteiger charge is 2.52. The van der Waals surface area contributed by atoms with Gasteiger partial charge >= 0.3 is 11.6 Å². The number of ether oxygens (including phenoxy) is 2. The summed E-state index contributed by atoms with van der Waals surface area (Å²) in [7, 11) is 0. The van der Waals surface area contributed by atoms with Crippen LogP contribution in [0.4, 0.5) is 10.2 Å². The van der Waals surface area contributed by atoms with Gasteiger partial charge in [0.1, 0.15) is 41.2 Å². The van der Waals surface area contributed by atoms with Crippen molar-refractivity contribution >= 4 is 92.8 Å². The number of nitrogens with zero attached hydrogens (tertiary/aromatic N) is 7. The molecule has 1 amide bonds. The summed E-state index contributed by atoms with van der Waals surface area (Å²) in [5, 5.41) is 2.74. The Bertz CT molecular complexity index is 2370. The van der Waals surface area contributed by atoms with Gasteiger partial charge in [0, 0.05) is 11.5 Å². The van der Waals surface area contributed by atoms with Crippen LogP contribution in [0.15, 0.2) is 54.1 Å². The summed E-state index contributed by atoms with van der Waals surface area (Å²) in [5.41, 5.74) is -1.61. The second-order valence-electron chi connectivity index (χ2n) is 12.3. The van der Waals surface area contributed by atoms with E-state index in [0.717, 1.165) is 11.3 Å². The van der Waals surface area contributed by atoms with E-state index in [4.69, 9.17) is 51.2 Å². The highest BCUT2D eigenvalue weighted by atomic mass is 32.9. The number of thiol groups is 1. The lowest BCUT2D eigenvalue weighted by Gasteiger charge is -2.28. The third-order valence-corrected chi connectivity index (χ3v) is 13.7. The zero-order chi connectivity index (χ0) is 37.2. The first-order valence-electron chi connectivity index (χ1n) is 15.9. The Morgan fingerprint density at radius 1 is 1.00 bits per heavy atom. The van der Waals surface area contributed by atoms with Gasteiger partial charge in [-0.15, -0.1) is 0 Å². The summed E-state index contributed by atoms with van der Waals surface area (Å²) in [5.74, 6) is -0.912. The number of hydrogen-bond acceptors (Lipinski definition) is 16. The van der Waals surface area contributed by atoms with Gasteiger partial charge in [0.2, 0.25) is 5.69 Å². The molecule has 4 aromatic heterocycles. The topological polar surface area (TPSA) is 196 Å². The number of aromatic nitrogens is 7. The molecule has 2 bridgehead atoms. The number of halogens is 1. The summed E-state index contributed by atoms with van der Waals surface area (Å²) in [6, 6.07) is 8.50. The lowest BCUT2D eigenvalue weighted by molar-refractivity contribution is -0.0572. The molecule has 0 saturated carbocycles. The zero-order valence-electron chi connectivity index (χ0n) is 27.4. The third kappa shape index (κ3) is 7.14. The lowest BCUT2D eigenvalue weighted by atomic mass is 10.0. The molecule has 1 aromatic carbocycles. The van der Waals surface area contributed by atoms with Gasteiger partial charge in [0.05, 0.1) is 31.3 Å². The van der Waals surface area contributed by atoms with E-state index in [1.54, 1.807) is 44.2 Å². The van der Waals surface area contributed by atoms with Crippen molar-refractivity contribution in [3.05, 3.63) is 70.2 Å². The van der Waals surface area contributed by atoms with Crippen LogP contribution in [0.3, 0.4) is 0 Å². The lowest BCUT2D eigenvalue weighted by Crippen LogP contribution is -2.34. The van der Waals surface area contributed by atoms with Crippen molar-refractivity contribution in [2.24, 2.45) is 5.92 Å². The molecule has 2 unspecified atom stereocenters. The number of benzene rings is 1. The van der Waals surface area contributed by atoms with E-state index in [1.165, 1.54) is 28.1 Å². The Balaban J connectivity index is 1.09. The van der Waals surface area contributed by atoms with E-state index in [2.05, 4.69) is 42.5 Å². The Kier molecular flexibility index (Phi) is 10.1. The van der Waals surface area contributed by atoms with Crippen molar-refractivity contribution in [2.75, 3.05) is 18.5 Å². The number of rotatable bonds is 4. The minimum Gasteiger partial charge on any atom is -0.349 e. The Morgan fingerprint density at radius 3 is 2.51 bits per heavy atom. The molecule has 3 aliphatic heterocycles. The first-order chi connectivity index (χ1) is 25.3. The molecule has 53 heavy (non-hydrogen) atoms. The van der Waals surface area contributed by atoms with Gasteiger partial charge in [0.25, 0.3) is 5.91 Å². The summed E-state index contributed by atoms with van der Waals surface area (Å²) in [4.78, 5) is 58.7. The maximum Gasteiger partial charge on any atom is 0.325 e. The fraction of sp³-hybridized carbons (Fsp3) is 0.414. The molecule has 3 aliphatic rings. The molecule has 3 saturated heterocycles. The van der Waals surface area contributed by atoms with Crippen molar-refractivity contribution in [1.82, 2.24) is 34.1 Å². The van der Waals surface area contributed by atoms with E-state index in [0.29, 0.717) is 22.4 Å². The van der Waals surface area contributed by atoms with Crippen molar-refractivity contribution in [2.45, 2.75) is 56.9 Å². The molecule has 7 heterocycles. The monoisotopic (exact) mass is 842 g/mol. The zero-order valence-corrected chi connectivity index (χ0v) is 32.6. The summed E-state index contributed by atoms with van der Waals surface area (Å²) in [6.07, 6.45) is -4.85. The number of hydrogen-bond donors (Lipinski definition) is 3. The smallest absolute Gasteiger partial charge is 0.325 e. The molecule has 10 atom stereocenters. The van der Waals surface area contributed by atoms with Crippen LogP contribution >= 0.6 is 36.0 Å². The number of thiazole rings is 1. The van der Waals surface area contributed by atoms with E-state index in [9.17, 15) is 14.5 Å². The van der Waals surface area contributed by atoms with Gasteiger partial charge in [-0.1, -0.05) is 48.7 Å². The van der Waals surface area contributed by atoms with Crippen LogP contribution in [0, 0.1) is 12.8 Å². The molecule has 5 aromatic rings. The predicted molar refractivity (Wildman–Crippen MR) is 199 cm³/mol. The average Bonchev–Trinajstić information content (AvgIpc) is 3.86. The normalized spacial score (nSPS) is 33.6. The minimum absolute atomic E-state index is 0.112. The van der Waals surface area contributed by atoms with E-state index < -0.39 is 78.8 Å². The Hall–Kier alpha value is -2.69. The molecule has 0 radical (unpaired) electrons. The van der Waals surface area contributed by atoms with Crippen molar-refractivity contribution in [3.8, 4) is 0 Å². The fourth-order valence-corrected chi connectivity index (χ4v) is 10.7. The highest BCUT2D eigenvalue weighted by molar-refractivity contribution is 8.60. The third-order valence-electron chi connectivity index (χ3n) is 9.02. The van der Waals surface area contributed by atoms with E-state index in [1.807, 2.05) is 0 Å². The van der Waals surface area contributed by atoms with Gasteiger partial charge < -0.3 is 37.8 Å². The number of nitrogens with one attached hydrogen (secondary N) is 1. The number of carbonyl (C=O) groups excluding carboxylic acids is 1. The van der Waals surface area contributed by atoms with Crippen LogP contribution in [0.5, 0.6) is 0 Å². The van der Waals surface area contributed by atoms with Crippen LogP contribution in [-0.4, -0.2) is 88.7 Å². The molecule has 280 valence electrons. The minimum atomic E-state index is -4.16. The molecule has 17 nitrogen and oxygen atoms in total. The predicted octanol–water partition coefficient (Wildman–Crippen LogP) is 4.21. The second kappa shape index (κ2) is 14.4. The van der Waals surface area contributed by atoms with Gasteiger partial charge in [0.15, 0.2) is 35.7 Å². The van der Waals surface area contributed by atoms with Crippen LogP contribution in [0.2, 0.25) is 0 Å².